The SMILES string of the molecule is O=C([C@@H]1CCCN(CCO)C1)N1CCc2nc(Nc3ncc4cc(C5COC5)nc(N5C6CCC5CC6)c4n3)ccc2C1. The van der Waals surface area contributed by atoms with E-state index >= 15 is 0 Å². The van der Waals surface area contributed by atoms with Crippen LogP contribution in [-0.4, -0.2) is 98.8 Å². The van der Waals surface area contributed by atoms with Crippen LogP contribution in [-0.2, 0) is 22.5 Å². The first-order chi connectivity index (χ1) is 21.1. The Kier molecular flexibility index (Phi) is 7.11. The molecule has 5 aliphatic heterocycles. The van der Waals surface area contributed by atoms with E-state index < -0.39 is 0 Å². The van der Waals surface area contributed by atoms with Crippen molar-refractivity contribution >= 4 is 34.4 Å². The Morgan fingerprint density at radius 2 is 1.88 bits per heavy atom. The number of nitrogens with one attached hydrogen (secondary N) is 1. The number of aromatic nitrogens is 4. The van der Waals surface area contributed by atoms with Gasteiger partial charge in [0.05, 0.1) is 31.4 Å². The number of aliphatic hydroxyl groups is 1. The lowest BCUT2D eigenvalue weighted by molar-refractivity contribution is -0.138. The van der Waals surface area contributed by atoms with Gasteiger partial charge in [-0.25, -0.2) is 19.9 Å². The van der Waals surface area contributed by atoms with Crippen molar-refractivity contribution in [1.82, 2.24) is 29.7 Å². The lowest BCUT2D eigenvalue weighted by Gasteiger charge is -2.36. The van der Waals surface area contributed by atoms with Crippen LogP contribution in [0.25, 0.3) is 10.9 Å². The van der Waals surface area contributed by atoms with Gasteiger partial charge in [0.15, 0.2) is 5.82 Å². The largest absolute Gasteiger partial charge is 0.395 e. The summed E-state index contributed by atoms with van der Waals surface area (Å²) in [6, 6.07) is 7.27. The molecule has 0 aromatic carbocycles. The quantitative estimate of drug-likeness (QED) is 0.429. The molecule has 2 N–H and O–H groups in total. The number of hydrogen-bond donors (Lipinski definition) is 2. The van der Waals surface area contributed by atoms with E-state index in [2.05, 4.69) is 32.2 Å². The highest BCUT2D eigenvalue weighted by Crippen LogP contribution is 2.43. The number of carbonyl (C=O) groups is 1. The van der Waals surface area contributed by atoms with Crippen molar-refractivity contribution in [1.29, 1.82) is 0 Å². The van der Waals surface area contributed by atoms with Crippen LogP contribution in [0.4, 0.5) is 17.6 Å². The molecule has 8 rings (SSSR count). The number of fused-ring (bicyclic) bond motifs is 4. The molecule has 3 aromatic rings. The summed E-state index contributed by atoms with van der Waals surface area (Å²) in [6.45, 7) is 5.19. The average Bonchev–Trinajstić information content (AvgIpc) is 3.60. The third kappa shape index (κ3) is 5.11. The standard InChI is InChI=1S/C32H40N8O3/c41-13-12-38-10-1-2-21(16-38)31(42)39-11-9-26-20(17-39)3-8-28(34-26)36-32-33-15-22-14-27(23-18-43-19-23)35-30(29(22)37-32)40-24-4-5-25(40)7-6-24/h3,8,14-15,21,23-25,41H,1-2,4-7,9-13,16-19H2,(H,33,34,36,37)/t21-,24?,25?/m1/s1. The lowest BCUT2D eigenvalue weighted by atomic mass is 9.95. The Bertz CT molecular complexity index is 1510. The van der Waals surface area contributed by atoms with Crippen LogP contribution >= 0.6 is 0 Å². The molecule has 11 heteroatoms. The molecule has 0 radical (unpaired) electrons. The molecule has 11 nitrogen and oxygen atoms in total. The van der Waals surface area contributed by atoms with E-state index in [1.165, 1.54) is 25.7 Å². The van der Waals surface area contributed by atoms with Crippen molar-refractivity contribution in [3.8, 4) is 0 Å². The zero-order chi connectivity index (χ0) is 28.9. The van der Waals surface area contributed by atoms with Crippen LogP contribution in [0.3, 0.4) is 0 Å². The van der Waals surface area contributed by atoms with Crippen molar-refractivity contribution in [3.05, 3.63) is 41.3 Å². The number of pyridine rings is 2. The van der Waals surface area contributed by atoms with Gasteiger partial charge in [-0.3, -0.25) is 4.79 Å². The maximum atomic E-state index is 13.3. The predicted octanol–water partition coefficient (Wildman–Crippen LogP) is 3.00. The molecular formula is C32H40N8O3. The van der Waals surface area contributed by atoms with Crippen molar-refractivity contribution in [2.45, 2.75) is 69.5 Å². The van der Waals surface area contributed by atoms with Gasteiger partial charge < -0.3 is 29.9 Å². The minimum Gasteiger partial charge on any atom is -0.395 e. The third-order valence-corrected chi connectivity index (χ3v) is 10.2. The number of amides is 1. The summed E-state index contributed by atoms with van der Waals surface area (Å²) in [4.78, 5) is 39.8. The molecule has 2 bridgehead atoms. The molecule has 226 valence electrons. The monoisotopic (exact) mass is 584 g/mol. The fourth-order valence-corrected chi connectivity index (χ4v) is 7.81. The van der Waals surface area contributed by atoms with Crippen LogP contribution in [0.5, 0.6) is 0 Å². The fourth-order valence-electron chi connectivity index (χ4n) is 7.81. The van der Waals surface area contributed by atoms with E-state index in [0.717, 1.165) is 79.2 Å². The van der Waals surface area contributed by atoms with Gasteiger partial charge in [0, 0.05) is 67.9 Å². The number of hydrogen-bond acceptors (Lipinski definition) is 10. The van der Waals surface area contributed by atoms with E-state index in [1.807, 2.05) is 17.2 Å². The van der Waals surface area contributed by atoms with Gasteiger partial charge in [-0.1, -0.05) is 6.07 Å². The Morgan fingerprint density at radius 3 is 2.65 bits per heavy atom. The Hall–Kier alpha value is -3.41. The number of rotatable bonds is 7. The van der Waals surface area contributed by atoms with Crippen molar-refractivity contribution in [3.63, 3.8) is 0 Å². The van der Waals surface area contributed by atoms with E-state index in [-0.39, 0.29) is 18.4 Å². The second-order valence-electron chi connectivity index (χ2n) is 12.9. The number of carbonyl (C=O) groups excluding carboxylic acids is 1. The van der Waals surface area contributed by atoms with Gasteiger partial charge in [-0.05, 0) is 62.8 Å². The molecule has 0 unspecified atom stereocenters. The molecule has 8 heterocycles. The predicted molar refractivity (Wildman–Crippen MR) is 162 cm³/mol. The van der Waals surface area contributed by atoms with E-state index in [0.29, 0.717) is 49.4 Å². The van der Waals surface area contributed by atoms with Crippen LogP contribution in [0.1, 0.15) is 61.4 Å². The van der Waals surface area contributed by atoms with Gasteiger partial charge in [0.25, 0.3) is 0 Å². The molecule has 0 saturated carbocycles. The van der Waals surface area contributed by atoms with Gasteiger partial charge in [0.2, 0.25) is 11.9 Å². The second-order valence-corrected chi connectivity index (χ2v) is 12.9. The number of piperidine rings is 1. The Balaban J connectivity index is 1.01. The first-order valence-electron chi connectivity index (χ1n) is 16.0. The molecule has 3 aromatic heterocycles. The third-order valence-electron chi connectivity index (χ3n) is 10.2. The normalized spacial score (nSPS) is 25.7. The number of likely N-dealkylation sites (tertiary alicyclic amines) is 1. The molecule has 0 aliphatic carbocycles. The molecular weight excluding hydrogens is 544 g/mol. The zero-order valence-corrected chi connectivity index (χ0v) is 24.6. The topological polar surface area (TPSA) is 120 Å². The number of β-amino-alcohol motifs (C(OH)–C–C–N with tert-alkyl or cyclic N) is 1. The maximum absolute atomic E-state index is 13.3. The Morgan fingerprint density at radius 1 is 1.05 bits per heavy atom. The first-order valence-corrected chi connectivity index (χ1v) is 16.0. The van der Waals surface area contributed by atoms with E-state index in [9.17, 15) is 9.90 Å². The summed E-state index contributed by atoms with van der Waals surface area (Å²) in [5, 5.41) is 13.7. The molecule has 1 amide bonds. The molecule has 0 spiro atoms. The van der Waals surface area contributed by atoms with Crippen LogP contribution in [0, 0.1) is 5.92 Å². The van der Waals surface area contributed by atoms with E-state index in [4.69, 9.17) is 19.7 Å². The highest BCUT2D eigenvalue weighted by atomic mass is 16.5. The number of ether oxygens (including phenoxy) is 1. The van der Waals surface area contributed by atoms with E-state index in [1.54, 1.807) is 0 Å². The summed E-state index contributed by atoms with van der Waals surface area (Å²) >= 11 is 0. The lowest BCUT2D eigenvalue weighted by Crippen LogP contribution is -2.46. The number of nitrogens with zero attached hydrogens (tertiary/aromatic N) is 7. The summed E-state index contributed by atoms with van der Waals surface area (Å²) in [5.74, 6) is 2.81. The van der Waals surface area contributed by atoms with Crippen LogP contribution in [0.15, 0.2) is 24.4 Å². The first kappa shape index (κ1) is 27.2. The highest BCUT2D eigenvalue weighted by Gasteiger charge is 2.41. The minimum atomic E-state index is 0.00840. The fraction of sp³-hybridized carbons (Fsp3) is 0.594. The second kappa shape index (κ2) is 11.3. The van der Waals surface area contributed by atoms with Crippen molar-refractivity contribution in [2.75, 3.05) is 56.2 Å². The van der Waals surface area contributed by atoms with Gasteiger partial charge in [-0.2, -0.15) is 0 Å². The van der Waals surface area contributed by atoms with Crippen molar-refractivity contribution < 1.29 is 14.6 Å². The molecule has 4 fully saturated rings. The molecule has 1 atom stereocenters. The summed E-state index contributed by atoms with van der Waals surface area (Å²) < 4.78 is 5.47. The minimum absolute atomic E-state index is 0.00840. The van der Waals surface area contributed by atoms with Crippen LogP contribution in [0.2, 0.25) is 0 Å². The number of anilines is 3. The summed E-state index contributed by atoms with van der Waals surface area (Å²) in [5.41, 5.74) is 4.09. The maximum Gasteiger partial charge on any atom is 0.229 e. The average molecular weight is 585 g/mol. The Labute approximate surface area is 251 Å². The zero-order valence-electron chi connectivity index (χ0n) is 24.6. The van der Waals surface area contributed by atoms with Crippen molar-refractivity contribution in [2.24, 2.45) is 5.92 Å². The van der Waals surface area contributed by atoms with Crippen LogP contribution < -0.4 is 10.2 Å². The van der Waals surface area contributed by atoms with Gasteiger partial charge >= 0.3 is 0 Å². The molecule has 5 aliphatic rings. The summed E-state index contributed by atoms with van der Waals surface area (Å²) in [6.07, 6.45) is 9.47. The smallest absolute Gasteiger partial charge is 0.229 e. The highest BCUT2D eigenvalue weighted by molar-refractivity contribution is 5.90. The van der Waals surface area contributed by atoms with Gasteiger partial charge in [0.1, 0.15) is 11.3 Å². The molecule has 4 saturated heterocycles. The van der Waals surface area contributed by atoms with Gasteiger partial charge in [-0.15, -0.1) is 0 Å². The summed E-state index contributed by atoms with van der Waals surface area (Å²) in [7, 11) is 0. The molecule has 43 heavy (non-hydrogen) atoms. The number of aliphatic hydroxyl groups excluding tert-OH is 1.